The molecule has 3 aliphatic carbocycles. The molecule has 1 saturated carbocycles. The van der Waals surface area contributed by atoms with Gasteiger partial charge in [0.15, 0.2) is 0 Å². The van der Waals surface area contributed by atoms with Gasteiger partial charge < -0.3 is 10.8 Å². The van der Waals surface area contributed by atoms with Crippen LogP contribution in [-0.2, 0) is 9.59 Å². The highest BCUT2D eigenvalue weighted by Gasteiger charge is 2.54. The summed E-state index contributed by atoms with van der Waals surface area (Å²) in [5, 5.41) is 10.4. The molecule has 0 radical (unpaired) electrons. The summed E-state index contributed by atoms with van der Waals surface area (Å²) in [5.41, 5.74) is 7.37. The zero-order chi connectivity index (χ0) is 18.6. The van der Waals surface area contributed by atoms with E-state index in [-0.39, 0.29) is 27.9 Å². The van der Waals surface area contributed by atoms with Crippen molar-refractivity contribution < 1.29 is 14.7 Å². The fourth-order valence-corrected chi connectivity index (χ4v) is 5.46. The van der Waals surface area contributed by atoms with Gasteiger partial charge in [-0.3, -0.25) is 9.59 Å². The lowest BCUT2D eigenvalue weighted by molar-refractivity contribution is -0.132. The second-order valence-electron chi connectivity index (χ2n) is 8.68. The van der Waals surface area contributed by atoms with Crippen molar-refractivity contribution in [2.45, 2.75) is 59.8 Å². The van der Waals surface area contributed by atoms with Crippen LogP contribution in [0.1, 0.15) is 59.8 Å². The second kappa shape index (κ2) is 5.86. The Morgan fingerprint density at radius 3 is 2.64 bits per heavy atom. The van der Waals surface area contributed by atoms with Crippen LogP contribution >= 0.6 is 0 Å². The molecule has 4 heteroatoms. The van der Waals surface area contributed by atoms with Gasteiger partial charge in [0.25, 0.3) is 0 Å². The van der Waals surface area contributed by atoms with E-state index in [2.05, 4.69) is 33.8 Å². The maximum absolute atomic E-state index is 12.4. The van der Waals surface area contributed by atoms with Gasteiger partial charge in [-0.25, -0.2) is 0 Å². The summed E-state index contributed by atoms with van der Waals surface area (Å²) >= 11 is 0. The number of Topliss-reactive ketones (excluding diaryl/α,β-unsaturated/α-hetero) is 1. The molecule has 0 aromatic heterocycles. The summed E-state index contributed by atoms with van der Waals surface area (Å²) in [6, 6.07) is 0. The molecule has 0 aromatic rings. The first kappa shape index (κ1) is 18.0. The van der Waals surface area contributed by atoms with Crippen LogP contribution in [0.5, 0.6) is 0 Å². The minimum Gasteiger partial charge on any atom is -0.505 e. The summed E-state index contributed by atoms with van der Waals surface area (Å²) in [6.07, 6.45) is 8.15. The monoisotopic (exact) mass is 343 g/mol. The van der Waals surface area contributed by atoms with Crippen molar-refractivity contribution in [2.24, 2.45) is 28.4 Å². The molecule has 2 unspecified atom stereocenters. The van der Waals surface area contributed by atoms with Gasteiger partial charge in [-0.05, 0) is 61.7 Å². The first-order chi connectivity index (χ1) is 11.6. The molecule has 3 N–H and O–H groups in total. The summed E-state index contributed by atoms with van der Waals surface area (Å²) in [7, 11) is 0. The first-order valence-corrected chi connectivity index (χ1v) is 9.27. The lowest BCUT2D eigenvalue weighted by atomic mass is 9.46. The molecule has 25 heavy (non-hydrogen) atoms. The van der Waals surface area contributed by atoms with Crippen molar-refractivity contribution in [1.29, 1.82) is 0 Å². The minimum absolute atomic E-state index is 0.00847. The molecule has 0 saturated heterocycles. The van der Waals surface area contributed by atoms with Crippen LogP contribution in [0.15, 0.2) is 34.8 Å². The van der Waals surface area contributed by atoms with Crippen LogP contribution < -0.4 is 5.73 Å². The van der Waals surface area contributed by atoms with E-state index in [0.29, 0.717) is 18.3 Å². The summed E-state index contributed by atoms with van der Waals surface area (Å²) < 4.78 is 0. The highest BCUT2D eigenvalue weighted by Crippen LogP contribution is 2.62. The molecular formula is C21H29NO3. The Morgan fingerprint density at radius 1 is 1.28 bits per heavy atom. The maximum atomic E-state index is 12.4. The molecule has 0 aliphatic heterocycles. The van der Waals surface area contributed by atoms with Gasteiger partial charge in [-0.2, -0.15) is 0 Å². The van der Waals surface area contributed by atoms with E-state index in [0.717, 1.165) is 31.8 Å². The van der Waals surface area contributed by atoms with Crippen molar-refractivity contribution in [3.63, 3.8) is 0 Å². The van der Waals surface area contributed by atoms with E-state index in [4.69, 9.17) is 5.73 Å². The number of hydrogen-bond donors (Lipinski definition) is 2. The predicted octanol–water partition coefficient (Wildman–Crippen LogP) is 3.98. The number of nitrogens with two attached hydrogens (primary N) is 1. The van der Waals surface area contributed by atoms with Crippen LogP contribution in [-0.4, -0.2) is 16.7 Å². The molecule has 4 atom stereocenters. The number of hydrogen-bond acceptors (Lipinski definition) is 4. The number of allylic oxidation sites excluding steroid dienone is 4. The maximum Gasteiger partial charge on any atom is 0.232 e. The van der Waals surface area contributed by atoms with E-state index >= 15 is 0 Å². The van der Waals surface area contributed by atoms with E-state index in [1.807, 2.05) is 0 Å². The smallest absolute Gasteiger partial charge is 0.232 e. The third-order valence-electron chi connectivity index (χ3n) is 7.50. The van der Waals surface area contributed by atoms with Crippen LogP contribution in [0.2, 0.25) is 0 Å². The summed E-state index contributed by atoms with van der Waals surface area (Å²) in [6.45, 7) is 9.02. The Morgan fingerprint density at radius 2 is 1.96 bits per heavy atom. The fourth-order valence-electron chi connectivity index (χ4n) is 5.46. The van der Waals surface area contributed by atoms with Crippen LogP contribution in [0.25, 0.3) is 0 Å². The van der Waals surface area contributed by atoms with Gasteiger partial charge in [0, 0.05) is 11.6 Å². The Kier molecular flexibility index (Phi) is 4.21. The highest BCUT2D eigenvalue weighted by molar-refractivity contribution is 6.48. The molecule has 4 nitrogen and oxygen atoms in total. The number of aliphatic hydroxyl groups excluding tert-OH is 1. The topological polar surface area (TPSA) is 80.4 Å². The predicted molar refractivity (Wildman–Crippen MR) is 97.6 cm³/mol. The molecule has 3 aliphatic rings. The van der Waals surface area contributed by atoms with E-state index < -0.39 is 11.6 Å². The second-order valence-corrected chi connectivity index (χ2v) is 8.68. The lowest BCUT2D eigenvalue weighted by Gasteiger charge is -2.58. The van der Waals surface area contributed by atoms with Crippen molar-refractivity contribution in [1.82, 2.24) is 0 Å². The number of ketones is 2. The Hall–Kier alpha value is -1.84. The van der Waals surface area contributed by atoms with Crippen LogP contribution in [0.3, 0.4) is 0 Å². The zero-order valence-corrected chi connectivity index (χ0v) is 15.7. The lowest BCUT2D eigenvalue weighted by Crippen LogP contribution is -2.50. The SMILES string of the molecule is CC1=CCCC2C1(C)CC[C@@H](C)[C@@]2(C)CC1=C(O)C(N)=CC(=O)C1=O. The third kappa shape index (κ3) is 2.57. The summed E-state index contributed by atoms with van der Waals surface area (Å²) in [5.74, 6) is -0.598. The van der Waals surface area contributed by atoms with Gasteiger partial charge in [0.05, 0.1) is 5.70 Å². The molecule has 136 valence electrons. The van der Waals surface area contributed by atoms with Gasteiger partial charge in [-0.15, -0.1) is 0 Å². The fraction of sp³-hybridized carbons (Fsp3) is 0.619. The number of carbonyl (C=O) groups is 2. The molecule has 0 spiro atoms. The van der Waals surface area contributed by atoms with Crippen LogP contribution in [0, 0.1) is 22.7 Å². The average Bonchev–Trinajstić information content (AvgIpc) is 2.56. The first-order valence-electron chi connectivity index (χ1n) is 9.27. The summed E-state index contributed by atoms with van der Waals surface area (Å²) in [4.78, 5) is 24.4. The molecule has 0 aromatic carbocycles. The molecule has 0 heterocycles. The Bertz CT molecular complexity index is 729. The van der Waals surface area contributed by atoms with Gasteiger partial charge in [0.2, 0.25) is 11.6 Å². The van der Waals surface area contributed by atoms with Gasteiger partial charge in [0.1, 0.15) is 5.76 Å². The Labute approximate surface area is 149 Å². The molecular weight excluding hydrogens is 314 g/mol. The molecule has 3 rings (SSSR count). The molecule has 1 fully saturated rings. The van der Waals surface area contributed by atoms with E-state index in [1.165, 1.54) is 5.57 Å². The van der Waals surface area contributed by atoms with Gasteiger partial charge in [-0.1, -0.05) is 32.4 Å². The van der Waals surface area contributed by atoms with Crippen molar-refractivity contribution in [2.75, 3.05) is 0 Å². The minimum atomic E-state index is -0.625. The number of rotatable bonds is 2. The quantitative estimate of drug-likeness (QED) is 0.451. The van der Waals surface area contributed by atoms with Crippen molar-refractivity contribution in [3.05, 3.63) is 34.8 Å². The van der Waals surface area contributed by atoms with Crippen molar-refractivity contribution in [3.8, 4) is 0 Å². The van der Waals surface area contributed by atoms with Crippen LogP contribution in [0.4, 0.5) is 0 Å². The highest BCUT2D eigenvalue weighted by atomic mass is 16.3. The van der Waals surface area contributed by atoms with E-state index in [9.17, 15) is 14.7 Å². The number of carbonyl (C=O) groups excluding carboxylic acids is 2. The molecule has 0 bridgehead atoms. The standard InChI is InChI=1S/C21H29NO3/c1-12-6-5-7-17-20(12,3)9-8-13(2)21(17,4)11-14-18(24)15(22)10-16(23)19(14)25/h6,10,13,17,24H,5,7-9,11,22H2,1-4H3/t13-,17?,20?,21-/m1/s1. The average molecular weight is 343 g/mol. The zero-order valence-electron chi connectivity index (χ0n) is 15.7. The largest absolute Gasteiger partial charge is 0.505 e. The van der Waals surface area contributed by atoms with Gasteiger partial charge >= 0.3 is 0 Å². The van der Waals surface area contributed by atoms with E-state index in [1.54, 1.807) is 0 Å². The number of fused-ring (bicyclic) bond motifs is 1. The van der Waals surface area contributed by atoms with Crippen molar-refractivity contribution >= 4 is 11.6 Å². The normalized spacial score (nSPS) is 39.0. The third-order valence-corrected chi connectivity index (χ3v) is 7.50. The molecule has 0 amide bonds. The Balaban J connectivity index is 2.04. The number of aliphatic hydroxyl groups is 1.